The van der Waals surface area contributed by atoms with Crippen molar-refractivity contribution in [1.29, 1.82) is 0 Å². The van der Waals surface area contributed by atoms with Crippen molar-refractivity contribution in [2.24, 2.45) is 0 Å². The van der Waals surface area contributed by atoms with Crippen LogP contribution in [0.15, 0.2) is 55.2 Å². The molecule has 0 saturated heterocycles. The van der Waals surface area contributed by atoms with Crippen LogP contribution in [0.3, 0.4) is 0 Å². The Morgan fingerprint density at radius 3 is 2.41 bits per heavy atom. The SMILES string of the molecule is C=C(NNC(=S)Nc1ccc(N(C)C)cc1)c1ccccn1. The maximum Gasteiger partial charge on any atom is 0.189 e. The van der Waals surface area contributed by atoms with Crippen molar-refractivity contribution in [2.75, 3.05) is 24.3 Å². The zero-order chi connectivity index (χ0) is 15.9. The smallest absolute Gasteiger partial charge is 0.189 e. The Hall–Kier alpha value is -2.60. The van der Waals surface area contributed by atoms with Gasteiger partial charge in [0.25, 0.3) is 0 Å². The highest BCUT2D eigenvalue weighted by molar-refractivity contribution is 7.80. The summed E-state index contributed by atoms with van der Waals surface area (Å²) < 4.78 is 0. The lowest BCUT2D eigenvalue weighted by Crippen LogP contribution is -2.38. The number of hydrogen-bond acceptors (Lipinski definition) is 4. The molecule has 0 amide bonds. The Kier molecular flexibility index (Phi) is 5.32. The topological polar surface area (TPSA) is 52.2 Å². The largest absolute Gasteiger partial charge is 0.378 e. The van der Waals surface area contributed by atoms with E-state index < -0.39 is 0 Å². The molecular weight excluding hydrogens is 294 g/mol. The van der Waals surface area contributed by atoms with Crippen molar-refractivity contribution in [3.63, 3.8) is 0 Å². The van der Waals surface area contributed by atoms with Gasteiger partial charge in [-0.3, -0.25) is 15.8 Å². The van der Waals surface area contributed by atoms with E-state index in [2.05, 4.69) is 27.7 Å². The molecule has 0 bridgehead atoms. The Bertz CT molecular complexity index is 637. The van der Waals surface area contributed by atoms with Crippen molar-refractivity contribution in [1.82, 2.24) is 15.8 Å². The monoisotopic (exact) mass is 313 g/mol. The van der Waals surface area contributed by atoms with Crippen molar-refractivity contribution in [2.45, 2.75) is 0 Å². The molecule has 6 heteroatoms. The van der Waals surface area contributed by atoms with Crippen molar-refractivity contribution < 1.29 is 0 Å². The van der Waals surface area contributed by atoms with Crippen LogP contribution in [0.4, 0.5) is 11.4 Å². The van der Waals surface area contributed by atoms with Gasteiger partial charge in [0.15, 0.2) is 5.11 Å². The van der Waals surface area contributed by atoms with Gasteiger partial charge in [-0.2, -0.15) is 0 Å². The Morgan fingerprint density at radius 1 is 1.09 bits per heavy atom. The molecule has 0 aliphatic carbocycles. The second kappa shape index (κ2) is 7.42. The number of hydrazine groups is 1. The summed E-state index contributed by atoms with van der Waals surface area (Å²) in [7, 11) is 4.00. The molecule has 0 unspecified atom stereocenters. The lowest BCUT2D eigenvalue weighted by molar-refractivity contribution is 0.845. The molecule has 0 atom stereocenters. The summed E-state index contributed by atoms with van der Waals surface area (Å²) in [5.41, 5.74) is 9.26. The number of anilines is 2. The first-order valence-electron chi connectivity index (χ1n) is 6.77. The first-order chi connectivity index (χ1) is 10.6. The number of pyridine rings is 1. The van der Waals surface area contributed by atoms with Crippen LogP contribution in [0, 0.1) is 0 Å². The van der Waals surface area contributed by atoms with E-state index in [0.717, 1.165) is 17.1 Å². The fourth-order valence-electron chi connectivity index (χ4n) is 1.74. The standard InChI is InChI=1S/C16H19N5S/c1-12(15-6-4-5-11-17-15)19-20-16(22)18-13-7-9-14(10-8-13)21(2)3/h4-11,19H,1H2,2-3H3,(H2,18,20,22). The molecule has 2 aromatic rings. The molecule has 5 nitrogen and oxygen atoms in total. The Labute approximate surface area is 136 Å². The Morgan fingerprint density at radius 2 is 1.82 bits per heavy atom. The van der Waals surface area contributed by atoms with E-state index >= 15 is 0 Å². The minimum Gasteiger partial charge on any atom is -0.378 e. The van der Waals surface area contributed by atoms with Gasteiger partial charge in [0.1, 0.15) is 0 Å². The molecule has 0 aliphatic rings. The van der Waals surface area contributed by atoms with Crippen LogP contribution in [0.2, 0.25) is 0 Å². The van der Waals surface area contributed by atoms with Crippen molar-refractivity contribution in [3.05, 3.63) is 60.9 Å². The van der Waals surface area contributed by atoms with Gasteiger partial charge in [0.05, 0.1) is 11.4 Å². The second-order valence-electron chi connectivity index (χ2n) is 4.84. The van der Waals surface area contributed by atoms with Gasteiger partial charge in [0.2, 0.25) is 0 Å². The molecule has 0 fully saturated rings. The minimum absolute atomic E-state index is 0.453. The predicted octanol–water partition coefficient (Wildman–Crippen LogP) is 2.61. The van der Waals surface area contributed by atoms with Gasteiger partial charge in [-0.25, -0.2) is 0 Å². The van der Waals surface area contributed by atoms with Crippen LogP contribution in [-0.4, -0.2) is 24.2 Å². The summed E-state index contributed by atoms with van der Waals surface area (Å²) >= 11 is 5.23. The van der Waals surface area contributed by atoms with Gasteiger partial charge in [-0.1, -0.05) is 12.6 Å². The van der Waals surface area contributed by atoms with E-state index in [0.29, 0.717) is 10.8 Å². The van der Waals surface area contributed by atoms with Crippen LogP contribution in [0.5, 0.6) is 0 Å². The molecule has 1 aromatic heterocycles. The van der Waals surface area contributed by atoms with Gasteiger partial charge in [-0.15, -0.1) is 0 Å². The van der Waals surface area contributed by atoms with Crippen LogP contribution < -0.4 is 21.1 Å². The first-order valence-corrected chi connectivity index (χ1v) is 7.18. The number of nitrogens with zero attached hydrogens (tertiary/aromatic N) is 2. The number of hydrogen-bond donors (Lipinski definition) is 3. The zero-order valence-corrected chi connectivity index (χ0v) is 13.4. The highest BCUT2D eigenvalue weighted by Crippen LogP contribution is 2.15. The molecule has 1 heterocycles. The Balaban J connectivity index is 1.84. The third-order valence-corrected chi connectivity index (χ3v) is 3.15. The number of aromatic nitrogens is 1. The summed E-state index contributed by atoms with van der Waals surface area (Å²) in [6.45, 7) is 3.91. The lowest BCUT2D eigenvalue weighted by atomic mass is 10.2. The summed E-state index contributed by atoms with van der Waals surface area (Å²) in [4.78, 5) is 6.24. The average molecular weight is 313 g/mol. The maximum atomic E-state index is 5.23. The molecule has 114 valence electrons. The van der Waals surface area contributed by atoms with E-state index in [4.69, 9.17) is 12.2 Å². The molecule has 1 aromatic carbocycles. The molecule has 2 rings (SSSR count). The van der Waals surface area contributed by atoms with E-state index in [1.807, 2.05) is 61.5 Å². The molecule has 22 heavy (non-hydrogen) atoms. The summed E-state index contributed by atoms with van der Waals surface area (Å²) in [6, 6.07) is 13.6. The maximum absolute atomic E-state index is 5.23. The molecule has 0 saturated carbocycles. The van der Waals surface area contributed by atoms with Gasteiger partial charge in [-0.05, 0) is 48.6 Å². The molecule has 0 spiro atoms. The molecule has 3 N–H and O–H groups in total. The van der Waals surface area contributed by atoms with Crippen LogP contribution >= 0.6 is 12.2 Å². The molecule has 0 radical (unpaired) electrons. The third-order valence-electron chi connectivity index (χ3n) is 2.94. The highest BCUT2D eigenvalue weighted by atomic mass is 32.1. The van der Waals surface area contributed by atoms with E-state index in [-0.39, 0.29) is 0 Å². The van der Waals surface area contributed by atoms with Gasteiger partial charge >= 0.3 is 0 Å². The van der Waals surface area contributed by atoms with Gasteiger partial charge in [0, 0.05) is 31.7 Å². The van der Waals surface area contributed by atoms with E-state index in [1.54, 1.807) is 6.20 Å². The van der Waals surface area contributed by atoms with Crippen LogP contribution in [-0.2, 0) is 0 Å². The number of thiocarbonyl (C=S) groups is 1. The number of rotatable bonds is 5. The van der Waals surface area contributed by atoms with E-state index in [9.17, 15) is 0 Å². The summed E-state index contributed by atoms with van der Waals surface area (Å²) in [5.74, 6) is 0. The summed E-state index contributed by atoms with van der Waals surface area (Å²) in [5, 5.41) is 3.55. The fourth-order valence-corrected chi connectivity index (χ4v) is 1.91. The number of nitrogens with one attached hydrogen (secondary N) is 3. The van der Waals surface area contributed by atoms with Crippen LogP contribution in [0.25, 0.3) is 5.70 Å². The predicted molar refractivity (Wildman–Crippen MR) is 96.5 cm³/mol. The van der Waals surface area contributed by atoms with Crippen molar-refractivity contribution in [3.8, 4) is 0 Å². The zero-order valence-electron chi connectivity index (χ0n) is 12.6. The van der Waals surface area contributed by atoms with E-state index in [1.165, 1.54) is 0 Å². The molecular formula is C16H19N5S. The van der Waals surface area contributed by atoms with Crippen molar-refractivity contribution >= 4 is 34.4 Å². The average Bonchev–Trinajstić information content (AvgIpc) is 2.54. The first kappa shape index (κ1) is 15.8. The third kappa shape index (κ3) is 4.46. The minimum atomic E-state index is 0.453. The normalized spacial score (nSPS) is 9.73. The van der Waals surface area contributed by atoms with Gasteiger partial charge < -0.3 is 10.2 Å². The number of benzene rings is 1. The summed E-state index contributed by atoms with van der Waals surface area (Å²) in [6.07, 6.45) is 1.71. The van der Waals surface area contributed by atoms with Crippen LogP contribution in [0.1, 0.15) is 5.69 Å². The molecule has 0 aliphatic heterocycles. The fraction of sp³-hybridized carbons (Fsp3) is 0.125. The second-order valence-corrected chi connectivity index (χ2v) is 5.25. The quantitative estimate of drug-likeness (QED) is 0.583. The highest BCUT2D eigenvalue weighted by Gasteiger charge is 2.01. The lowest BCUT2D eigenvalue weighted by Gasteiger charge is -2.15.